The van der Waals surface area contributed by atoms with E-state index < -0.39 is 38.1 Å². The van der Waals surface area contributed by atoms with Gasteiger partial charge in [0.1, 0.15) is 0 Å². The van der Waals surface area contributed by atoms with Crippen molar-refractivity contribution in [2.75, 3.05) is 4.31 Å². The average Bonchev–Trinajstić information content (AvgIpc) is 3.01. The molecule has 1 atom stereocenters. The van der Waals surface area contributed by atoms with Crippen LogP contribution in [0.2, 0.25) is 0 Å². The Morgan fingerprint density at radius 1 is 0.970 bits per heavy atom. The molecule has 0 amide bonds. The van der Waals surface area contributed by atoms with E-state index in [2.05, 4.69) is 0 Å². The van der Waals surface area contributed by atoms with E-state index in [0.29, 0.717) is 11.3 Å². The Morgan fingerprint density at radius 3 is 2.21 bits per heavy atom. The van der Waals surface area contributed by atoms with E-state index in [1.54, 1.807) is 38.1 Å². The number of nitro benzene ring substituents is 1. The maximum atomic E-state index is 13.8. The third-order valence-electron chi connectivity index (χ3n) is 5.89. The van der Waals surface area contributed by atoms with Crippen LogP contribution in [0.15, 0.2) is 77.7 Å². The monoisotopic (exact) mass is 476 g/mol. The van der Waals surface area contributed by atoms with E-state index in [-0.39, 0.29) is 16.1 Å². The van der Waals surface area contributed by atoms with E-state index in [0.717, 1.165) is 40.7 Å². The molecule has 1 unspecified atom stereocenters. The van der Waals surface area contributed by atoms with Crippen LogP contribution in [0.3, 0.4) is 0 Å². The average molecular weight is 476 g/mol. The van der Waals surface area contributed by atoms with Gasteiger partial charge in [-0.15, -0.1) is 0 Å². The first-order chi connectivity index (χ1) is 15.3. The van der Waals surface area contributed by atoms with Gasteiger partial charge in [-0.2, -0.15) is 13.2 Å². The van der Waals surface area contributed by atoms with Gasteiger partial charge in [0.25, 0.3) is 15.7 Å². The van der Waals surface area contributed by atoms with Crippen LogP contribution in [0.25, 0.3) is 0 Å². The lowest BCUT2D eigenvalue weighted by molar-refractivity contribution is -0.384. The molecule has 6 nitrogen and oxygen atoms in total. The summed E-state index contributed by atoms with van der Waals surface area (Å²) in [5, 5.41) is 11.0. The van der Waals surface area contributed by atoms with Crippen LogP contribution >= 0.6 is 0 Å². The third kappa shape index (κ3) is 3.74. The summed E-state index contributed by atoms with van der Waals surface area (Å²) >= 11 is 0. The van der Waals surface area contributed by atoms with Crippen LogP contribution in [0, 0.1) is 10.1 Å². The van der Waals surface area contributed by atoms with Gasteiger partial charge in [-0.1, -0.05) is 44.2 Å². The molecule has 172 valence electrons. The fourth-order valence-corrected chi connectivity index (χ4v) is 6.14. The number of non-ortho nitro benzene ring substituents is 1. The summed E-state index contributed by atoms with van der Waals surface area (Å²) < 4.78 is 68.9. The molecule has 0 N–H and O–H groups in total. The number of anilines is 1. The molecule has 1 aliphatic heterocycles. The van der Waals surface area contributed by atoms with Gasteiger partial charge in [0.15, 0.2) is 0 Å². The molecule has 3 aromatic rings. The van der Waals surface area contributed by atoms with Gasteiger partial charge in [0, 0.05) is 17.5 Å². The molecule has 0 aromatic heterocycles. The molecule has 1 heterocycles. The van der Waals surface area contributed by atoms with Crippen LogP contribution in [0.1, 0.15) is 36.6 Å². The number of fused-ring (bicyclic) bond motifs is 1. The van der Waals surface area contributed by atoms with Gasteiger partial charge in [-0.25, -0.2) is 8.42 Å². The van der Waals surface area contributed by atoms with Gasteiger partial charge >= 0.3 is 6.18 Å². The Kier molecular flexibility index (Phi) is 5.24. The van der Waals surface area contributed by atoms with Crippen molar-refractivity contribution < 1.29 is 26.5 Å². The number of hydrogen-bond acceptors (Lipinski definition) is 4. The first kappa shape index (κ1) is 22.8. The van der Waals surface area contributed by atoms with E-state index in [4.69, 9.17) is 0 Å². The largest absolute Gasteiger partial charge is 0.416 e. The predicted octanol–water partition coefficient (Wildman–Crippen LogP) is 5.84. The molecule has 0 saturated carbocycles. The van der Waals surface area contributed by atoms with Crippen molar-refractivity contribution >= 4 is 21.4 Å². The van der Waals surface area contributed by atoms with E-state index >= 15 is 0 Å². The summed E-state index contributed by atoms with van der Waals surface area (Å²) in [4.78, 5) is 10.1. The van der Waals surface area contributed by atoms with Crippen molar-refractivity contribution in [1.29, 1.82) is 0 Å². The Balaban J connectivity index is 1.93. The van der Waals surface area contributed by atoms with Gasteiger partial charge in [0.2, 0.25) is 0 Å². The van der Waals surface area contributed by atoms with Crippen molar-refractivity contribution in [2.45, 2.75) is 36.4 Å². The Labute approximate surface area is 188 Å². The molecule has 1 aliphatic rings. The zero-order valence-electron chi connectivity index (χ0n) is 17.6. The van der Waals surface area contributed by atoms with Crippen LogP contribution in [-0.2, 0) is 21.6 Å². The molecule has 3 aromatic carbocycles. The highest BCUT2D eigenvalue weighted by molar-refractivity contribution is 7.92. The highest BCUT2D eigenvalue weighted by Gasteiger charge is 2.50. The molecular formula is C23H19F3N2O4S. The lowest BCUT2D eigenvalue weighted by Crippen LogP contribution is -2.38. The SMILES string of the molecule is CC1(C)c2ccccc2N(S(=O)(=O)c2ccc([N+](=O)[O-])cc2)C1c1cccc(C(F)(F)F)c1. The summed E-state index contributed by atoms with van der Waals surface area (Å²) in [6.07, 6.45) is -4.59. The van der Waals surface area contributed by atoms with E-state index in [9.17, 15) is 31.7 Å². The fourth-order valence-electron chi connectivity index (χ4n) is 4.35. The Morgan fingerprint density at radius 2 is 1.61 bits per heavy atom. The molecule has 0 fully saturated rings. The third-order valence-corrected chi connectivity index (χ3v) is 7.68. The van der Waals surface area contributed by atoms with E-state index in [1.165, 1.54) is 12.1 Å². The minimum atomic E-state index is -4.59. The molecule has 33 heavy (non-hydrogen) atoms. The van der Waals surface area contributed by atoms with Crippen molar-refractivity contribution in [1.82, 2.24) is 0 Å². The Hall–Kier alpha value is -3.40. The molecule has 0 bridgehead atoms. The number of alkyl halides is 3. The van der Waals surface area contributed by atoms with Crippen molar-refractivity contribution in [2.24, 2.45) is 0 Å². The number of para-hydroxylation sites is 1. The highest BCUT2D eigenvalue weighted by Crippen LogP contribution is 2.55. The lowest BCUT2D eigenvalue weighted by atomic mass is 9.77. The number of sulfonamides is 1. The van der Waals surface area contributed by atoms with Crippen molar-refractivity contribution in [3.05, 3.63) is 99.6 Å². The normalized spacial score (nSPS) is 17.6. The van der Waals surface area contributed by atoms with Gasteiger partial charge in [-0.3, -0.25) is 14.4 Å². The first-order valence-electron chi connectivity index (χ1n) is 9.90. The molecule has 0 radical (unpaired) electrons. The van der Waals surface area contributed by atoms with Gasteiger partial charge in [0.05, 0.1) is 27.1 Å². The van der Waals surface area contributed by atoms with Crippen LogP contribution < -0.4 is 4.31 Å². The summed E-state index contributed by atoms with van der Waals surface area (Å²) in [7, 11) is -4.28. The standard InChI is InChI=1S/C23H19F3N2O4S/c1-22(2)19-8-3-4-9-20(19)27(21(22)15-6-5-7-16(14-15)23(24,25)26)33(31,32)18-12-10-17(11-13-18)28(29)30/h3-14,21H,1-2H3. The smallest absolute Gasteiger partial charge is 0.258 e. The summed E-state index contributed by atoms with van der Waals surface area (Å²) in [6, 6.07) is 14.8. The number of benzene rings is 3. The number of nitrogens with zero attached hydrogens (tertiary/aromatic N) is 2. The summed E-state index contributed by atoms with van der Waals surface area (Å²) in [5.41, 5.74) is -0.808. The van der Waals surface area contributed by atoms with Gasteiger partial charge in [-0.05, 0) is 41.5 Å². The quantitative estimate of drug-likeness (QED) is 0.350. The zero-order valence-corrected chi connectivity index (χ0v) is 18.4. The molecule has 10 heteroatoms. The second-order valence-corrected chi connectivity index (χ2v) is 10.1. The number of nitro groups is 1. The summed E-state index contributed by atoms with van der Waals surface area (Å²) in [5.74, 6) is 0. The predicted molar refractivity (Wildman–Crippen MR) is 116 cm³/mol. The molecular weight excluding hydrogens is 457 g/mol. The maximum absolute atomic E-state index is 13.8. The maximum Gasteiger partial charge on any atom is 0.416 e. The molecule has 0 aliphatic carbocycles. The summed E-state index contributed by atoms with van der Waals surface area (Å²) in [6.45, 7) is 3.56. The minimum absolute atomic E-state index is 0.191. The number of halogens is 3. The molecule has 0 spiro atoms. The van der Waals surface area contributed by atoms with Gasteiger partial charge < -0.3 is 0 Å². The topological polar surface area (TPSA) is 80.5 Å². The van der Waals surface area contributed by atoms with Crippen LogP contribution in [0.4, 0.5) is 24.5 Å². The second-order valence-electron chi connectivity index (χ2n) is 8.32. The zero-order chi connectivity index (χ0) is 24.2. The van der Waals surface area contributed by atoms with E-state index in [1.807, 2.05) is 0 Å². The van der Waals surface area contributed by atoms with Crippen LogP contribution in [0.5, 0.6) is 0 Å². The molecule has 0 saturated heterocycles. The molecule has 4 rings (SSSR count). The Bertz CT molecular complexity index is 1340. The van der Waals surface area contributed by atoms with Crippen molar-refractivity contribution in [3.63, 3.8) is 0 Å². The number of hydrogen-bond donors (Lipinski definition) is 0. The van der Waals surface area contributed by atoms with Crippen molar-refractivity contribution in [3.8, 4) is 0 Å². The first-order valence-corrected chi connectivity index (χ1v) is 11.3. The minimum Gasteiger partial charge on any atom is -0.258 e. The fraction of sp³-hybridized carbons (Fsp3) is 0.217. The highest BCUT2D eigenvalue weighted by atomic mass is 32.2. The lowest BCUT2D eigenvalue weighted by Gasteiger charge is -2.34. The number of rotatable bonds is 4. The van der Waals surface area contributed by atoms with Crippen LogP contribution in [-0.4, -0.2) is 13.3 Å². The second kappa shape index (κ2) is 7.58.